The van der Waals surface area contributed by atoms with Crippen molar-refractivity contribution in [3.63, 3.8) is 0 Å². The zero-order valence-electron chi connectivity index (χ0n) is 20.4. The van der Waals surface area contributed by atoms with Crippen LogP contribution in [0.2, 0.25) is 0 Å². The second kappa shape index (κ2) is 9.86. The van der Waals surface area contributed by atoms with Crippen LogP contribution in [-0.2, 0) is 0 Å². The van der Waals surface area contributed by atoms with Crippen molar-refractivity contribution in [3.05, 3.63) is 29.5 Å². The lowest BCUT2D eigenvalue weighted by Crippen LogP contribution is -2.31. The van der Waals surface area contributed by atoms with Gasteiger partial charge in [-0.2, -0.15) is 0 Å². The Morgan fingerprint density at radius 3 is 1.62 bits per heavy atom. The van der Waals surface area contributed by atoms with Crippen LogP contribution in [0.5, 0.6) is 0 Å². The Morgan fingerprint density at radius 2 is 1.21 bits per heavy atom. The topological polar surface area (TPSA) is 0 Å². The van der Waals surface area contributed by atoms with Gasteiger partial charge in [-0.25, -0.2) is 0 Å². The molecule has 0 aromatic heterocycles. The van der Waals surface area contributed by atoms with Gasteiger partial charge < -0.3 is 0 Å². The van der Waals surface area contributed by atoms with E-state index in [9.17, 15) is 0 Å². The molecule has 3 aliphatic rings. The van der Waals surface area contributed by atoms with Crippen LogP contribution in [0.3, 0.4) is 0 Å². The van der Waals surface area contributed by atoms with E-state index >= 15 is 0 Å². The quantitative estimate of drug-likeness (QED) is 0.379. The predicted octanol–water partition coefficient (Wildman–Crippen LogP) is 9.63. The molecule has 1 atom stereocenters. The Morgan fingerprint density at radius 1 is 0.759 bits per heavy atom. The number of hydrogen-bond donors (Lipinski definition) is 0. The molecular weight excluding hydrogens is 386 g/mol. The third-order valence-electron chi connectivity index (χ3n) is 7.32. The molecule has 0 N–H and O–H groups in total. The van der Waals surface area contributed by atoms with E-state index in [-0.39, 0.29) is 15.8 Å². The molecule has 29 heavy (non-hydrogen) atoms. The predicted molar refractivity (Wildman–Crippen MR) is 137 cm³/mol. The Hall–Kier alpha value is 0.340. The van der Waals surface area contributed by atoms with Gasteiger partial charge in [-0.3, -0.25) is 0 Å². The molecule has 0 aliphatic heterocycles. The van der Waals surface area contributed by atoms with Gasteiger partial charge in [-0.05, 0) is 63.9 Å². The SMILES string of the molecule is C[C@H](C1=C(P(C2CCCCC2)C2CCCCC2)C=C[CH]1)P(C(C)(C)C)C(C)(C)C. The maximum absolute atomic E-state index is 2.58. The molecular formula is C27H47P2. The zero-order chi connectivity index (χ0) is 21.2. The Bertz CT molecular complexity index is 557. The molecule has 1 radical (unpaired) electrons. The van der Waals surface area contributed by atoms with Crippen LogP contribution in [-0.4, -0.2) is 27.3 Å². The van der Waals surface area contributed by atoms with E-state index in [2.05, 4.69) is 67.0 Å². The maximum Gasteiger partial charge on any atom is 0.00967 e. The molecule has 0 nitrogen and oxygen atoms in total. The van der Waals surface area contributed by atoms with Crippen LogP contribution in [0.4, 0.5) is 0 Å². The van der Waals surface area contributed by atoms with E-state index in [0.717, 1.165) is 11.3 Å². The highest BCUT2D eigenvalue weighted by Gasteiger charge is 2.42. The largest absolute Gasteiger partial charge is 0.0885 e. The van der Waals surface area contributed by atoms with Gasteiger partial charge in [0.2, 0.25) is 0 Å². The molecule has 0 saturated heterocycles. The van der Waals surface area contributed by atoms with Gasteiger partial charge in [0.25, 0.3) is 0 Å². The van der Waals surface area contributed by atoms with Crippen molar-refractivity contribution in [2.75, 3.05) is 0 Å². The fraction of sp³-hybridized carbons (Fsp3) is 0.815. The van der Waals surface area contributed by atoms with Gasteiger partial charge >= 0.3 is 0 Å². The van der Waals surface area contributed by atoms with Gasteiger partial charge in [0, 0.05) is 6.42 Å². The van der Waals surface area contributed by atoms with Crippen LogP contribution in [0.25, 0.3) is 0 Å². The lowest BCUT2D eigenvalue weighted by atomic mass is 9.99. The van der Waals surface area contributed by atoms with E-state index in [4.69, 9.17) is 0 Å². The fourth-order valence-corrected chi connectivity index (χ4v) is 15.7. The minimum Gasteiger partial charge on any atom is -0.0885 e. The van der Waals surface area contributed by atoms with Crippen molar-refractivity contribution < 1.29 is 0 Å². The molecule has 0 bridgehead atoms. The second-order valence-corrected chi connectivity index (χ2v) is 18.7. The lowest BCUT2D eigenvalue weighted by Gasteiger charge is -2.47. The summed E-state index contributed by atoms with van der Waals surface area (Å²) in [6.45, 7) is 17.5. The van der Waals surface area contributed by atoms with Crippen molar-refractivity contribution in [2.24, 2.45) is 0 Å². The lowest BCUT2D eigenvalue weighted by molar-refractivity contribution is 0.486. The van der Waals surface area contributed by atoms with E-state index < -0.39 is 0 Å². The molecule has 0 aromatic carbocycles. The first kappa shape index (κ1) is 24.0. The summed E-state index contributed by atoms with van der Waals surface area (Å²) in [6.07, 6.45) is 22.5. The van der Waals surface area contributed by atoms with Crippen LogP contribution in [0, 0.1) is 6.42 Å². The zero-order valence-corrected chi connectivity index (χ0v) is 22.2. The van der Waals surface area contributed by atoms with Gasteiger partial charge in [0.05, 0.1) is 0 Å². The average Bonchev–Trinajstić information content (AvgIpc) is 3.11. The minimum absolute atomic E-state index is 0.00558. The number of allylic oxidation sites excluding steroid dienone is 4. The summed E-state index contributed by atoms with van der Waals surface area (Å²) in [4.78, 5) is 0. The van der Waals surface area contributed by atoms with E-state index in [1.54, 1.807) is 5.57 Å². The van der Waals surface area contributed by atoms with E-state index in [1.807, 2.05) is 5.31 Å². The average molecular weight is 434 g/mol. The molecule has 3 rings (SSSR count). The molecule has 2 heteroatoms. The van der Waals surface area contributed by atoms with Crippen molar-refractivity contribution >= 4 is 15.8 Å². The molecule has 2 saturated carbocycles. The maximum atomic E-state index is 2.58. The van der Waals surface area contributed by atoms with Crippen LogP contribution in [0.1, 0.15) is 113 Å². The highest BCUT2D eigenvalue weighted by molar-refractivity contribution is 7.64. The third kappa shape index (κ3) is 5.78. The highest BCUT2D eigenvalue weighted by atomic mass is 31.1. The van der Waals surface area contributed by atoms with Crippen molar-refractivity contribution in [2.45, 2.75) is 140 Å². The normalized spacial score (nSPS) is 24.2. The molecule has 2 fully saturated rings. The summed E-state index contributed by atoms with van der Waals surface area (Å²) in [5, 5.41) is 2.62. The van der Waals surface area contributed by atoms with E-state index in [1.165, 1.54) is 64.2 Å². The van der Waals surface area contributed by atoms with Gasteiger partial charge in [-0.1, -0.05) is 115 Å². The molecule has 165 valence electrons. The summed E-state index contributed by atoms with van der Waals surface area (Å²) in [6, 6.07) is 0. The molecule has 3 aliphatic carbocycles. The number of hydrogen-bond acceptors (Lipinski definition) is 0. The molecule has 0 aromatic rings. The first-order chi connectivity index (χ1) is 13.6. The molecule has 0 unspecified atom stereocenters. The smallest absolute Gasteiger partial charge is 0.00967 e. The first-order valence-electron chi connectivity index (χ1n) is 12.4. The summed E-state index contributed by atoms with van der Waals surface area (Å²) < 4.78 is 0. The van der Waals surface area contributed by atoms with Gasteiger partial charge in [0.1, 0.15) is 0 Å². The fourth-order valence-electron chi connectivity index (χ4n) is 6.73. The Kier molecular flexibility index (Phi) is 8.16. The van der Waals surface area contributed by atoms with Crippen molar-refractivity contribution in [1.82, 2.24) is 0 Å². The summed E-state index contributed by atoms with van der Waals surface area (Å²) in [5.74, 6) is 0. The van der Waals surface area contributed by atoms with Gasteiger partial charge in [0.15, 0.2) is 0 Å². The third-order valence-corrected chi connectivity index (χ3v) is 14.8. The van der Waals surface area contributed by atoms with E-state index in [0.29, 0.717) is 16.0 Å². The standard InChI is InChI=1S/C27H47P2/c1-21(29(26(2,3)4)27(5,6)7)24-19-14-20-25(24)28(22-15-10-8-11-16-22)23-17-12-9-13-18-23/h14,19-23H,8-13,15-18H2,1-7H3/t21-/m1/s1. The van der Waals surface area contributed by atoms with Crippen LogP contribution < -0.4 is 0 Å². The van der Waals surface area contributed by atoms with Gasteiger partial charge in [-0.15, -0.1) is 0 Å². The highest BCUT2D eigenvalue weighted by Crippen LogP contribution is 2.68. The molecule has 0 heterocycles. The molecule has 0 spiro atoms. The Balaban J connectivity index is 1.97. The summed E-state index contributed by atoms with van der Waals surface area (Å²) in [5.41, 5.74) is 4.46. The first-order valence-corrected chi connectivity index (χ1v) is 15.3. The minimum atomic E-state index is -0.120. The van der Waals surface area contributed by atoms with Crippen molar-refractivity contribution in [3.8, 4) is 0 Å². The second-order valence-electron chi connectivity index (χ2n) is 11.7. The van der Waals surface area contributed by atoms with Crippen LogP contribution >= 0.6 is 15.8 Å². The van der Waals surface area contributed by atoms with Crippen molar-refractivity contribution in [1.29, 1.82) is 0 Å². The monoisotopic (exact) mass is 433 g/mol. The number of rotatable bonds is 5. The summed E-state index contributed by atoms with van der Waals surface area (Å²) in [7, 11) is -0.114. The Labute approximate surface area is 185 Å². The molecule has 0 amide bonds. The summed E-state index contributed by atoms with van der Waals surface area (Å²) >= 11 is 0. The van der Waals surface area contributed by atoms with Crippen LogP contribution in [0.15, 0.2) is 23.0 Å².